The van der Waals surface area contributed by atoms with Crippen LogP contribution in [0.15, 0.2) is 4.90 Å². The van der Waals surface area contributed by atoms with Crippen molar-refractivity contribution in [2.24, 2.45) is 0 Å². The number of hydrogen-bond acceptors (Lipinski definition) is 4. The van der Waals surface area contributed by atoms with E-state index in [4.69, 9.17) is 0 Å². The Hall–Kier alpha value is -1.41. The molecule has 8 heteroatoms. The maximum Gasteiger partial charge on any atom is 0.244 e. The number of likely N-dealkylation sites (tertiary alicyclic amines) is 1. The van der Waals surface area contributed by atoms with E-state index in [0.717, 1.165) is 32.4 Å². The minimum atomic E-state index is -3.68. The Labute approximate surface area is 144 Å². The molecule has 1 N–H and O–H groups in total. The SMILES string of the molecule is Cc1nn(CC(=O)N2CCCCC2)c(C)c1S(=O)(=O)NC(C)(C)C. The third kappa shape index (κ3) is 4.36. The van der Waals surface area contributed by atoms with Gasteiger partial charge in [0.15, 0.2) is 0 Å². The minimum absolute atomic E-state index is 0.00646. The summed E-state index contributed by atoms with van der Waals surface area (Å²) in [5.41, 5.74) is 0.328. The molecule has 136 valence electrons. The van der Waals surface area contributed by atoms with Crippen LogP contribution in [0.5, 0.6) is 0 Å². The van der Waals surface area contributed by atoms with Crippen LogP contribution in [-0.2, 0) is 21.4 Å². The van der Waals surface area contributed by atoms with E-state index >= 15 is 0 Å². The molecule has 0 aliphatic carbocycles. The number of aryl methyl sites for hydroxylation is 1. The van der Waals surface area contributed by atoms with Crippen molar-refractivity contribution in [3.63, 3.8) is 0 Å². The number of carbonyl (C=O) groups is 1. The molecule has 1 amide bonds. The summed E-state index contributed by atoms with van der Waals surface area (Å²) in [6.07, 6.45) is 3.21. The summed E-state index contributed by atoms with van der Waals surface area (Å²) in [4.78, 5) is 14.4. The van der Waals surface area contributed by atoms with Crippen molar-refractivity contribution in [1.29, 1.82) is 0 Å². The van der Waals surface area contributed by atoms with Crippen molar-refractivity contribution in [1.82, 2.24) is 19.4 Å². The van der Waals surface area contributed by atoms with Crippen molar-refractivity contribution < 1.29 is 13.2 Å². The van der Waals surface area contributed by atoms with E-state index in [0.29, 0.717) is 11.4 Å². The van der Waals surface area contributed by atoms with Gasteiger partial charge in [-0.1, -0.05) is 0 Å². The van der Waals surface area contributed by atoms with Gasteiger partial charge in [-0.25, -0.2) is 13.1 Å². The van der Waals surface area contributed by atoms with E-state index in [1.165, 1.54) is 4.68 Å². The van der Waals surface area contributed by atoms with E-state index < -0.39 is 15.6 Å². The first-order chi connectivity index (χ1) is 11.0. The molecule has 0 radical (unpaired) electrons. The second-order valence-corrected chi connectivity index (χ2v) is 9.07. The molecule has 0 saturated carbocycles. The van der Waals surface area contributed by atoms with Crippen LogP contribution >= 0.6 is 0 Å². The molecule has 0 bridgehead atoms. The normalized spacial score (nSPS) is 16.5. The fourth-order valence-electron chi connectivity index (χ4n) is 3.05. The molecule has 1 aliphatic heterocycles. The van der Waals surface area contributed by atoms with E-state index in [-0.39, 0.29) is 17.3 Å². The van der Waals surface area contributed by atoms with Gasteiger partial charge in [0.25, 0.3) is 0 Å². The van der Waals surface area contributed by atoms with Crippen LogP contribution in [0.3, 0.4) is 0 Å². The van der Waals surface area contributed by atoms with Crippen molar-refractivity contribution in [3.05, 3.63) is 11.4 Å². The van der Waals surface area contributed by atoms with Crippen molar-refractivity contribution >= 4 is 15.9 Å². The van der Waals surface area contributed by atoms with Gasteiger partial charge >= 0.3 is 0 Å². The van der Waals surface area contributed by atoms with Crippen molar-refractivity contribution in [2.75, 3.05) is 13.1 Å². The highest BCUT2D eigenvalue weighted by atomic mass is 32.2. The first-order valence-electron chi connectivity index (χ1n) is 8.37. The number of sulfonamides is 1. The second-order valence-electron chi connectivity index (χ2n) is 7.45. The zero-order chi connectivity index (χ0) is 18.1. The van der Waals surface area contributed by atoms with Crippen LogP contribution in [0, 0.1) is 13.8 Å². The zero-order valence-electron chi connectivity index (χ0n) is 15.2. The summed E-state index contributed by atoms with van der Waals surface area (Å²) in [6.45, 7) is 10.4. The number of carbonyl (C=O) groups excluding carboxylic acids is 1. The summed E-state index contributed by atoms with van der Waals surface area (Å²) in [6, 6.07) is 0. The Balaban J connectivity index is 2.24. The molecule has 0 aromatic carbocycles. The number of amides is 1. The summed E-state index contributed by atoms with van der Waals surface area (Å²) in [5, 5.41) is 4.29. The Morgan fingerprint density at radius 2 is 1.75 bits per heavy atom. The monoisotopic (exact) mass is 356 g/mol. The van der Waals surface area contributed by atoms with E-state index in [2.05, 4.69) is 9.82 Å². The Kier molecular flexibility index (Phi) is 5.39. The van der Waals surface area contributed by atoms with Crippen LogP contribution in [0.25, 0.3) is 0 Å². The topological polar surface area (TPSA) is 84.3 Å². The van der Waals surface area contributed by atoms with Gasteiger partial charge in [0, 0.05) is 18.6 Å². The van der Waals surface area contributed by atoms with Crippen LogP contribution in [0.1, 0.15) is 51.4 Å². The number of aromatic nitrogens is 2. The van der Waals surface area contributed by atoms with Crippen LogP contribution < -0.4 is 4.72 Å². The van der Waals surface area contributed by atoms with Gasteiger partial charge in [0.05, 0.1) is 11.4 Å². The highest BCUT2D eigenvalue weighted by Gasteiger charge is 2.29. The van der Waals surface area contributed by atoms with Crippen LogP contribution in [-0.4, -0.2) is 47.6 Å². The summed E-state index contributed by atoms with van der Waals surface area (Å²) in [5.74, 6) is -0.00646. The lowest BCUT2D eigenvalue weighted by atomic mass is 10.1. The van der Waals surface area contributed by atoms with Crippen molar-refractivity contribution in [3.8, 4) is 0 Å². The molecule has 1 fully saturated rings. The Morgan fingerprint density at radius 1 is 1.17 bits per heavy atom. The second kappa shape index (κ2) is 6.84. The highest BCUT2D eigenvalue weighted by Crippen LogP contribution is 2.21. The summed E-state index contributed by atoms with van der Waals surface area (Å²) >= 11 is 0. The predicted molar refractivity (Wildman–Crippen MR) is 92.2 cm³/mol. The van der Waals surface area contributed by atoms with Crippen molar-refractivity contribution in [2.45, 2.75) is 70.9 Å². The average molecular weight is 356 g/mol. The van der Waals surface area contributed by atoms with Crippen LogP contribution in [0.4, 0.5) is 0 Å². The molecule has 7 nitrogen and oxygen atoms in total. The third-order valence-corrected chi connectivity index (χ3v) is 6.03. The quantitative estimate of drug-likeness (QED) is 0.888. The number of hydrogen-bond donors (Lipinski definition) is 1. The fraction of sp³-hybridized carbons (Fsp3) is 0.750. The molecular formula is C16H28N4O3S. The molecule has 0 spiro atoms. The van der Waals surface area contributed by atoms with Gasteiger partial charge in [0.1, 0.15) is 11.4 Å². The molecule has 2 rings (SSSR count). The molecule has 1 aromatic heterocycles. The predicted octanol–water partition coefficient (Wildman–Crippen LogP) is 1.59. The minimum Gasteiger partial charge on any atom is -0.341 e. The van der Waals surface area contributed by atoms with E-state index in [1.54, 1.807) is 34.6 Å². The third-order valence-electron chi connectivity index (χ3n) is 4.02. The molecule has 1 aliphatic rings. The molecule has 2 heterocycles. The highest BCUT2D eigenvalue weighted by molar-refractivity contribution is 7.89. The van der Waals surface area contributed by atoms with Gasteiger partial charge < -0.3 is 4.90 Å². The number of nitrogens with zero attached hydrogens (tertiary/aromatic N) is 3. The van der Waals surface area contributed by atoms with Gasteiger partial charge in [-0.15, -0.1) is 0 Å². The van der Waals surface area contributed by atoms with Gasteiger partial charge in [-0.2, -0.15) is 5.10 Å². The lowest BCUT2D eigenvalue weighted by molar-refractivity contribution is -0.132. The molecular weight excluding hydrogens is 328 g/mol. The van der Waals surface area contributed by atoms with Gasteiger partial charge in [-0.05, 0) is 53.9 Å². The first kappa shape index (κ1) is 18.9. The maximum atomic E-state index is 12.6. The molecule has 24 heavy (non-hydrogen) atoms. The number of piperidine rings is 1. The van der Waals surface area contributed by atoms with Gasteiger partial charge in [-0.3, -0.25) is 9.48 Å². The van der Waals surface area contributed by atoms with Gasteiger partial charge in [0.2, 0.25) is 15.9 Å². The number of nitrogens with one attached hydrogen (secondary N) is 1. The summed E-state index contributed by atoms with van der Waals surface area (Å²) < 4.78 is 29.4. The summed E-state index contributed by atoms with van der Waals surface area (Å²) in [7, 11) is -3.68. The molecule has 0 atom stereocenters. The average Bonchev–Trinajstić information content (AvgIpc) is 2.72. The standard InChI is InChI=1S/C16H28N4O3S/c1-12-15(24(22,23)18-16(3,4)5)13(2)20(17-12)11-14(21)19-9-7-6-8-10-19/h18H,6-11H2,1-5H3. The zero-order valence-corrected chi connectivity index (χ0v) is 16.0. The van der Waals surface area contributed by atoms with E-state index in [9.17, 15) is 13.2 Å². The molecule has 1 aromatic rings. The van der Waals surface area contributed by atoms with Crippen LogP contribution in [0.2, 0.25) is 0 Å². The lowest BCUT2D eigenvalue weighted by Gasteiger charge is -2.26. The maximum absolute atomic E-state index is 12.6. The molecule has 0 unspecified atom stereocenters. The fourth-order valence-corrected chi connectivity index (χ4v) is 4.88. The largest absolute Gasteiger partial charge is 0.341 e. The molecule has 1 saturated heterocycles. The van der Waals surface area contributed by atoms with E-state index in [1.807, 2.05) is 4.90 Å². The Bertz CT molecular complexity index is 710. The first-order valence-corrected chi connectivity index (χ1v) is 9.85. The smallest absolute Gasteiger partial charge is 0.244 e. The Morgan fingerprint density at radius 3 is 2.29 bits per heavy atom. The lowest BCUT2D eigenvalue weighted by Crippen LogP contribution is -2.41. The number of rotatable bonds is 4.